The molecule has 1 saturated heterocycles. The van der Waals surface area contributed by atoms with Gasteiger partial charge in [0.25, 0.3) is 5.91 Å². The number of piperidine rings is 1. The number of esters is 2. The fraction of sp³-hybridized carbons (Fsp3) is 0.541. The lowest BCUT2D eigenvalue weighted by Gasteiger charge is -2.40. The SMILES string of the molecule is CCC1CC(CC(=O)O)CCN1C(=O)C[C@H]1O[C@H](c2cccc(OC)c2OC)c2cc(Cl)ccc2N(CC(C)(COC(C)=O)COC(C)=O)C1=O. The van der Waals surface area contributed by atoms with Crippen molar-refractivity contribution in [3.63, 3.8) is 0 Å². The van der Waals surface area contributed by atoms with E-state index in [1.54, 1.807) is 48.2 Å². The van der Waals surface area contributed by atoms with Gasteiger partial charge in [0.1, 0.15) is 25.4 Å². The Hall–Kier alpha value is -4.36. The van der Waals surface area contributed by atoms with E-state index in [9.17, 15) is 29.1 Å². The molecular formula is C37H47ClN2O11. The van der Waals surface area contributed by atoms with Gasteiger partial charge >= 0.3 is 17.9 Å². The molecule has 0 aromatic heterocycles. The number of amides is 2. The van der Waals surface area contributed by atoms with Gasteiger partial charge in [0.2, 0.25) is 5.91 Å². The quantitative estimate of drug-likeness (QED) is 0.255. The fourth-order valence-electron chi connectivity index (χ4n) is 6.85. The number of rotatable bonds is 14. The van der Waals surface area contributed by atoms with Crippen LogP contribution in [0.25, 0.3) is 0 Å². The van der Waals surface area contributed by atoms with Gasteiger partial charge in [-0.3, -0.25) is 24.0 Å². The van der Waals surface area contributed by atoms with Crippen molar-refractivity contribution in [1.82, 2.24) is 4.90 Å². The number of anilines is 1. The van der Waals surface area contributed by atoms with Crippen LogP contribution in [0.5, 0.6) is 11.5 Å². The number of likely N-dealkylation sites (tertiary alicyclic amines) is 1. The third kappa shape index (κ3) is 9.70. The van der Waals surface area contributed by atoms with E-state index in [0.717, 1.165) is 0 Å². The predicted octanol–water partition coefficient (Wildman–Crippen LogP) is 5.19. The molecule has 1 N–H and O–H groups in total. The number of aliphatic carboxylic acids is 1. The van der Waals surface area contributed by atoms with Gasteiger partial charge in [-0.05, 0) is 49.4 Å². The zero-order valence-corrected chi connectivity index (χ0v) is 30.7. The molecular weight excluding hydrogens is 684 g/mol. The van der Waals surface area contributed by atoms with Crippen molar-refractivity contribution in [2.45, 2.75) is 78.0 Å². The Morgan fingerprint density at radius 3 is 2.27 bits per heavy atom. The van der Waals surface area contributed by atoms with Gasteiger partial charge in [-0.15, -0.1) is 0 Å². The Labute approximate surface area is 303 Å². The summed E-state index contributed by atoms with van der Waals surface area (Å²) in [5.74, 6) is -2.09. The molecule has 1 fully saturated rings. The summed E-state index contributed by atoms with van der Waals surface area (Å²) in [6.07, 6.45) is -0.882. The lowest BCUT2D eigenvalue weighted by Crippen LogP contribution is -2.51. The first-order valence-electron chi connectivity index (χ1n) is 16.9. The number of ether oxygens (including phenoxy) is 5. The van der Waals surface area contributed by atoms with Crippen molar-refractivity contribution in [3.8, 4) is 11.5 Å². The second-order valence-corrected chi connectivity index (χ2v) is 13.9. The highest BCUT2D eigenvalue weighted by Crippen LogP contribution is 2.46. The molecule has 14 heteroatoms. The number of carbonyl (C=O) groups is 5. The molecule has 0 bridgehead atoms. The molecule has 0 radical (unpaired) electrons. The highest BCUT2D eigenvalue weighted by Gasteiger charge is 2.43. The Morgan fingerprint density at radius 1 is 1.00 bits per heavy atom. The summed E-state index contributed by atoms with van der Waals surface area (Å²) >= 11 is 6.57. The van der Waals surface area contributed by atoms with Crippen molar-refractivity contribution in [2.24, 2.45) is 11.3 Å². The molecule has 2 aliphatic heterocycles. The molecule has 2 unspecified atom stereocenters. The molecule has 2 heterocycles. The molecule has 2 aromatic carbocycles. The van der Waals surface area contributed by atoms with E-state index >= 15 is 0 Å². The van der Waals surface area contributed by atoms with Gasteiger partial charge in [0, 0.05) is 61.2 Å². The fourth-order valence-corrected chi connectivity index (χ4v) is 7.03. The molecule has 4 rings (SSSR count). The first kappa shape index (κ1) is 39.4. The number of hydrogen-bond acceptors (Lipinski definition) is 10. The maximum absolute atomic E-state index is 14.8. The molecule has 278 valence electrons. The van der Waals surface area contributed by atoms with E-state index in [1.165, 1.54) is 33.0 Å². The first-order valence-corrected chi connectivity index (χ1v) is 17.3. The van der Waals surface area contributed by atoms with Crippen LogP contribution in [0.1, 0.15) is 77.0 Å². The van der Waals surface area contributed by atoms with Crippen LogP contribution >= 0.6 is 11.6 Å². The summed E-state index contributed by atoms with van der Waals surface area (Å²) in [5, 5.41) is 9.73. The van der Waals surface area contributed by atoms with Crippen LogP contribution in [0, 0.1) is 11.3 Å². The highest BCUT2D eigenvalue weighted by atomic mass is 35.5. The lowest BCUT2D eigenvalue weighted by atomic mass is 9.87. The van der Waals surface area contributed by atoms with Gasteiger partial charge in [-0.2, -0.15) is 0 Å². The van der Waals surface area contributed by atoms with Gasteiger partial charge in [-0.1, -0.05) is 37.6 Å². The largest absolute Gasteiger partial charge is 0.493 e. The van der Waals surface area contributed by atoms with Crippen LogP contribution in [-0.2, 0) is 38.2 Å². The van der Waals surface area contributed by atoms with E-state index < -0.39 is 41.4 Å². The summed E-state index contributed by atoms with van der Waals surface area (Å²) in [5.41, 5.74) is 0.370. The van der Waals surface area contributed by atoms with Crippen molar-refractivity contribution in [1.29, 1.82) is 0 Å². The second kappa shape index (κ2) is 17.2. The topological polar surface area (TPSA) is 158 Å². The summed E-state index contributed by atoms with van der Waals surface area (Å²) in [4.78, 5) is 67.4. The van der Waals surface area contributed by atoms with Crippen molar-refractivity contribution in [2.75, 3.05) is 45.4 Å². The van der Waals surface area contributed by atoms with Crippen LogP contribution < -0.4 is 14.4 Å². The second-order valence-electron chi connectivity index (χ2n) is 13.4. The number of para-hydroxylation sites is 1. The van der Waals surface area contributed by atoms with Crippen LogP contribution in [-0.4, -0.2) is 92.4 Å². The van der Waals surface area contributed by atoms with Crippen LogP contribution in [0.15, 0.2) is 36.4 Å². The van der Waals surface area contributed by atoms with Gasteiger partial charge in [0.05, 0.1) is 26.1 Å². The maximum Gasteiger partial charge on any atom is 0.303 e. The number of hydrogen-bond donors (Lipinski definition) is 1. The molecule has 51 heavy (non-hydrogen) atoms. The molecule has 0 saturated carbocycles. The minimum Gasteiger partial charge on any atom is -0.493 e. The normalized spacial score (nSPS) is 20.6. The van der Waals surface area contributed by atoms with Crippen LogP contribution in [0.3, 0.4) is 0 Å². The zero-order chi connectivity index (χ0) is 37.5. The van der Waals surface area contributed by atoms with E-state index in [0.29, 0.717) is 59.1 Å². The third-order valence-corrected chi connectivity index (χ3v) is 9.58. The zero-order valence-electron chi connectivity index (χ0n) is 29.9. The molecule has 2 aromatic rings. The maximum atomic E-state index is 14.8. The average Bonchev–Trinajstić information content (AvgIpc) is 3.19. The van der Waals surface area contributed by atoms with Crippen molar-refractivity contribution >= 4 is 47.0 Å². The first-order chi connectivity index (χ1) is 24.2. The van der Waals surface area contributed by atoms with Crippen molar-refractivity contribution in [3.05, 3.63) is 52.5 Å². The Balaban J connectivity index is 1.82. The van der Waals surface area contributed by atoms with E-state index in [4.69, 9.17) is 35.3 Å². The standard InChI is InChI=1S/C37H47ClN2O11/c1-7-26-15-24(16-33(44)45)13-14-39(26)32(43)18-31-36(46)40(19-37(4,20-49-22(2)41)21-50-23(3)42)29-12-11-25(38)17-28(29)34(51-31)27-9-8-10-30(47-5)35(27)48-6/h8-12,17,24,26,31,34H,7,13-16,18-21H2,1-6H3,(H,44,45)/t24?,26?,31-,34-/m1/s1. The van der Waals surface area contributed by atoms with Crippen LogP contribution in [0.4, 0.5) is 5.69 Å². The Morgan fingerprint density at radius 2 is 1.69 bits per heavy atom. The minimum absolute atomic E-state index is 0.0298. The van der Waals surface area contributed by atoms with E-state index in [1.807, 2.05) is 6.92 Å². The summed E-state index contributed by atoms with van der Waals surface area (Å²) in [6, 6.07) is 10.1. The number of benzene rings is 2. The van der Waals surface area contributed by atoms with Crippen LogP contribution in [0.2, 0.25) is 5.02 Å². The molecule has 2 aliphatic rings. The summed E-state index contributed by atoms with van der Waals surface area (Å²) in [7, 11) is 2.99. The van der Waals surface area contributed by atoms with Gasteiger partial charge in [-0.25, -0.2) is 0 Å². The average molecular weight is 731 g/mol. The molecule has 2 amide bonds. The molecule has 13 nitrogen and oxygen atoms in total. The number of fused-ring (bicyclic) bond motifs is 1. The number of nitrogens with zero attached hydrogens (tertiary/aromatic N) is 2. The molecule has 4 atom stereocenters. The van der Waals surface area contributed by atoms with Gasteiger partial charge < -0.3 is 38.6 Å². The van der Waals surface area contributed by atoms with E-state index in [2.05, 4.69) is 0 Å². The lowest BCUT2D eigenvalue weighted by molar-refractivity contribution is -0.151. The molecule has 0 aliphatic carbocycles. The number of halogens is 1. The predicted molar refractivity (Wildman–Crippen MR) is 187 cm³/mol. The third-order valence-electron chi connectivity index (χ3n) is 9.35. The summed E-state index contributed by atoms with van der Waals surface area (Å²) in [6.45, 7) is 6.10. The molecule has 0 spiro atoms. The monoisotopic (exact) mass is 730 g/mol. The Kier molecular flexibility index (Phi) is 13.3. The number of carboxylic acid groups (broad SMARTS) is 1. The number of carbonyl (C=O) groups excluding carboxylic acids is 4. The van der Waals surface area contributed by atoms with E-state index in [-0.39, 0.29) is 50.5 Å². The smallest absolute Gasteiger partial charge is 0.303 e. The van der Waals surface area contributed by atoms with Gasteiger partial charge in [0.15, 0.2) is 11.5 Å². The summed E-state index contributed by atoms with van der Waals surface area (Å²) < 4.78 is 28.8. The Bertz CT molecular complexity index is 1600. The van der Waals surface area contributed by atoms with Crippen molar-refractivity contribution < 1.29 is 52.8 Å². The number of carboxylic acids is 1. The minimum atomic E-state index is -1.31. The highest BCUT2D eigenvalue weighted by molar-refractivity contribution is 6.30. The number of methoxy groups -OCH3 is 2.